The van der Waals surface area contributed by atoms with Crippen LogP contribution in [0.5, 0.6) is 0 Å². The van der Waals surface area contributed by atoms with E-state index in [1.165, 1.54) is 0 Å². The molecule has 0 aliphatic carbocycles. The van der Waals surface area contributed by atoms with E-state index < -0.39 is 0 Å². The number of rotatable bonds is 1. The third kappa shape index (κ3) is 1.67. The lowest BCUT2D eigenvalue weighted by Crippen LogP contribution is -1.85. The van der Waals surface area contributed by atoms with Crippen LogP contribution in [0, 0.1) is 6.92 Å². The Labute approximate surface area is 80.0 Å². The highest BCUT2D eigenvalue weighted by molar-refractivity contribution is 6.28. The lowest BCUT2D eigenvalue weighted by molar-refractivity contribution is 1.08. The summed E-state index contributed by atoms with van der Waals surface area (Å²) in [5, 5.41) is 6.71. The number of pyridine rings is 1. The third-order valence-corrected chi connectivity index (χ3v) is 1.77. The van der Waals surface area contributed by atoms with Gasteiger partial charge in [-0.3, -0.25) is 4.98 Å². The number of aryl methyl sites for hydroxylation is 1. The molecular formula is C8H7ClN4. The average Bonchev–Trinajstić information content (AvgIpc) is 2.53. The number of nitrogens with zero attached hydrogens (tertiary/aromatic N) is 3. The van der Waals surface area contributed by atoms with E-state index in [1.807, 2.05) is 19.1 Å². The van der Waals surface area contributed by atoms with Gasteiger partial charge in [0.2, 0.25) is 11.1 Å². The summed E-state index contributed by atoms with van der Waals surface area (Å²) in [7, 11) is 0. The maximum atomic E-state index is 5.58. The molecule has 2 heterocycles. The summed E-state index contributed by atoms with van der Waals surface area (Å²) in [5.74, 6) is 0.519. The lowest BCUT2D eigenvalue weighted by atomic mass is 10.3. The van der Waals surface area contributed by atoms with Crippen molar-refractivity contribution in [1.29, 1.82) is 0 Å². The van der Waals surface area contributed by atoms with Crippen LogP contribution in [0.2, 0.25) is 5.28 Å². The molecule has 0 amide bonds. The van der Waals surface area contributed by atoms with Crippen molar-refractivity contribution in [2.75, 3.05) is 0 Å². The molecule has 2 aromatic heterocycles. The van der Waals surface area contributed by atoms with Gasteiger partial charge in [-0.15, -0.1) is 0 Å². The Morgan fingerprint density at radius 3 is 2.77 bits per heavy atom. The van der Waals surface area contributed by atoms with Gasteiger partial charge >= 0.3 is 0 Å². The molecule has 0 aromatic carbocycles. The van der Waals surface area contributed by atoms with E-state index >= 15 is 0 Å². The van der Waals surface area contributed by atoms with Crippen molar-refractivity contribution in [2.45, 2.75) is 6.92 Å². The molecule has 13 heavy (non-hydrogen) atoms. The fourth-order valence-electron chi connectivity index (χ4n) is 0.957. The van der Waals surface area contributed by atoms with Crippen molar-refractivity contribution in [1.82, 2.24) is 20.2 Å². The third-order valence-electron chi connectivity index (χ3n) is 1.60. The quantitative estimate of drug-likeness (QED) is 0.754. The van der Waals surface area contributed by atoms with E-state index in [4.69, 9.17) is 11.6 Å². The number of H-pyrrole nitrogens is 1. The topological polar surface area (TPSA) is 54.5 Å². The monoisotopic (exact) mass is 194 g/mol. The van der Waals surface area contributed by atoms with Crippen molar-refractivity contribution in [3.63, 3.8) is 0 Å². The molecule has 0 aliphatic heterocycles. The van der Waals surface area contributed by atoms with Gasteiger partial charge in [0.05, 0.1) is 0 Å². The van der Waals surface area contributed by atoms with Crippen molar-refractivity contribution in [3.05, 3.63) is 29.2 Å². The van der Waals surface area contributed by atoms with Crippen LogP contribution in [-0.4, -0.2) is 20.2 Å². The first-order valence-electron chi connectivity index (χ1n) is 3.76. The van der Waals surface area contributed by atoms with Crippen LogP contribution in [0.4, 0.5) is 0 Å². The predicted molar refractivity (Wildman–Crippen MR) is 49.4 cm³/mol. The van der Waals surface area contributed by atoms with Gasteiger partial charge in [0.25, 0.3) is 0 Å². The second kappa shape index (κ2) is 3.14. The van der Waals surface area contributed by atoms with Crippen LogP contribution in [0.3, 0.4) is 0 Å². The zero-order valence-corrected chi connectivity index (χ0v) is 7.71. The highest BCUT2D eigenvalue weighted by Crippen LogP contribution is 2.12. The molecule has 0 saturated carbocycles. The summed E-state index contributed by atoms with van der Waals surface area (Å²) in [6.07, 6.45) is 1.76. The molecule has 5 heteroatoms. The van der Waals surface area contributed by atoms with E-state index in [9.17, 15) is 0 Å². The fourth-order valence-corrected chi connectivity index (χ4v) is 1.08. The molecule has 0 aliphatic rings. The predicted octanol–water partition coefficient (Wildman–Crippen LogP) is 1.83. The average molecular weight is 195 g/mol. The highest BCUT2D eigenvalue weighted by atomic mass is 35.5. The SMILES string of the molecule is Cc1ccc(-c2n[nH]c(Cl)n2)nc1. The number of halogens is 1. The van der Waals surface area contributed by atoms with Crippen LogP contribution >= 0.6 is 11.6 Å². The van der Waals surface area contributed by atoms with Crippen molar-refractivity contribution >= 4 is 11.6 Å². The molecular weight excluding hydrogens is 188 g/mol. The van der Waals surface area contributed by atoms with E-state index in [-0.39, 0.29) is 5.28 Å². The summed E-state index contributed by atoms with van der Waals surface area (Å²) in [6, 6.07) is 3.81. The summed E-state index contributed by atoms with van der Waals surface area (Å²) in [5.41, 5.74) is 1.82. The highest BCUT2D eigenvalue weighted by Gasteiger charge is 2.04. The molecule has 0 bridgehead atoms. The van der Waals surface area contributed by atoms with Gasteiger partial charge in [0, 0.05) is 6.20 Å². The number of hydrogen-bond donors (Lipinski definition) is 1. The second-order valence-corrected chi connectivity index (χ2v) is 3.03. The van der Waals surface area contributed by atoms with Crippen molar-refractivity contribution < 1.29 is 0 Å². The number of aromatic amines is 1. The smallest absolute Gasteiger partial charge is 0.218 e. The van der Waals surface area contributed by atoms with Gasteiger partial charge in [0.1, 0.15) is 5.69 Å². The molecule has 66 valence electrons. The minimum atomic E-state index is 0.275. The Balaban J connectivity index is 2.41. The summed E-state index contributed by atoms with van der Waals surface area (Å²) in [6.45, 7) is 1.97. The molecule has 0 saturated heterocycles. The molecule has 0 atom stereocenters. The van der Waals surface area contributed by atoms with Crippen LogP contribution in [0.25, 0.3) is 11.5 Å². The lowest BCUT2D eigenvalue weighted by Gasteiger charge is -1.93. The van der Waals surface area contributed by atoms with Gasteiger partial charge in [-0.25, -0.2) is 5.10 Å². The summed E-state index contributed by atoms with van der Waals surface area (Å²) < 4.78 is 0. The minimum absolute atomic E-state index is 0.275. The van der Waals surface area contributed by atoms with Crippen LogP contribution in [-0.2, 0) is 0 Å². The summed E-state index contributed by atoms with van der Waals surface area (Å²) in [4.78, 5) is 8.11. The zero-order chi connectivity index (χ0) is 9.26. The molecule has 4 nitrogen and oxygen atoms in total. The van der Waals surface area contributed by atoms with Crippen molar-refractivity contribution in [3.8, 4) is 11.5 Å². The molecule has 0 unspecified atom stereocenters. The van der Waals surface area contributed by atoms with Crippen molar-refractivity contribution in [2.24, 2.45) is 0 Å². The Hall–Kier alpha value is -1.42. The molecule has 0 spiro atoms. The number of aromatic nitrogens is 4. The van der Waals surface area contributed by atoms with Crippen LogP contribution in [0.1, 0.15) is 5.56 Å². The molecule has 2 aromatic rings. The normalized spacial score (nSPS) is 10.3. The molecule has 2 rings (SSSR count). The Morgan fingerprint density at radius 2 is 2.23 bits per heavy atom. The maximum Gasteiger partial charge on any atom is 0.218 e. The van der Waals surface area contributed by atoms with Gasteiger partial charge in [0.15, 0.2) is 0 Å². The van der Waals surface area contributed by atoms with Gasteiger partial charge in [-0.1, -0.05) is 6.07 Å². The van der Waals surface area contributed by atoms with E-state index in [0.717, 1.165) is 5.56 Å². The minimum Gasteiger partial charge on any atom is -0.253 e. The zero-order valence-electron chi connectivity index (χ0n) is 6.95. The molecule has 0 radical (unpaired) electrons. The summed E-state index contributed by atoms with van der Waals surface area (Å²) >= 11 is 5.58. The first-order chi connectivity index (χ1) is 6.25. The van der Waals surface area contributed by atoms with Gasteiger partial charge in [-0.05, 0) is 30.2 Å². The maximum absolute atomic E-state index is 5.58. The number of nitrogens with one attached hydrogen (secondary N) is 1. The standard InChI is InChI=1S/C8H7ClN4/c1-5-2-3-6(10-4-5)7-11-8(9)13-12-7/h2-4H,1H3,(H,11,12,13). The van der Waals surface area contributed by atoms with E-state index in [0.29, 0.717) is 11.5 Å². The van der Waals surface area contributed by atoms with Crippen LogP contribution in [0.15, 0.2) is 18.3 Å². The molecule has 0 fully saturated rings. The Bertz CT molecular complexity index is 406. The van der Waals surface area contributed by atoms with Gasteiger partial charge in [-0.2, -0.15) is 10.1 Å². The number of hydrogen-bond acceptors (Lipinski definition) is 3. The largest absolute Gasteiger partial charge is 0.253 e. The second-order valence-electron chi connectivity index (χ2n) is 2.67. The van der Waals surface area contributed by atoms with Crippen LogP contribution < -0.4 is 0 Å². The fraction of sp³-hybridized carbons (Fsp3) is 0.125. The van der Waals surface area contributed by atoms with Gasteiger partial charge < -0.3 is 0 Å². The van der Waals surface area contributed by atoms with E-state index in [1.54, 1.807) is 6.20 Å². The van der Waals surface area contributed by atoms with E-state index in [2.05, 4.69) is 20.2 Å². The first kappa shape index (κ1) is 8.19. The molecule has 1 N–H and O–H groups in total. The first-order valence-corrected chi connectivity index (χ1v) is 4.14. The Morgan fingerprint density at radius 1 is 1.38 bits per heavy atom. The Kier molecular flexibility index (Phi) is 1.98.